The largest absolute Gasteiger partial charge is 0.507 e. The number of hydrogen-bond acceptors (Lipinski definition) is 4. The fraction of sp³-hybridized carbons (Fsp3) is 0.200. The molecular weight excluding hydrogens is 244 g/mol. The maximum Gasteiger partial charge on any atom is 0.154 e. The first-order valence-corrected chi connectivity index (χ1v) is 6.08. The van der Waals surface area contributed by atoms with Crippen molar-refractivity contribution in [3.05, 3.63) is 35.4 Å². The number of aromatic hydroxyl groups is 1. The molecule has 0 saturated heterocycles. The van der Waals surface area contributed by atoms with Crippen molar-refractivity contribution in [1.82, 2.24) is 0 Å². The number of phenols is 1. The molecule has 96 valence electrons. The number of carbonyl (C=O) groups is 2. The summed E-state index contributed by atoms with van der Waals surface area (Å²) in [6.45, 7) is 0. The lowest BCUT2D eigenvalue weighted by molar-refractivity contribution is -0.109. The zero-order chi connectivity index (χ0) is 13.4. The van der Waals surface area contributed by atoms with E-state index < -0.39 is 0 Å². The fourth-order valence-electron chi connectivity index (χ4n) is 2.60. The first kappa shape index (κ1) is 11.7. The van der Waals surface area contributed by atoms with E-state index in [2.05, 4.69) is 0 Å². The molecule has 1 N–H and O–H groups in total. The Morgan fingerprint density at radius 1 is 1.26 bits per heavy atom. The van der Waals surface area contributed by atoms with Gasteiger partial charge in [-0.1, -0.05) is 24.3 Å². The van der Waals surface area contributed by atoms with Crippen molar-refractivity contribution in [3.8, 4) is 11.5 Å². The molecule has 2 aromatic rings. The molecule has 4 nitrogen and oxygen atoms in total. The number of aldehydes is 2. The number of ether oxygens (including phenoxy) is 1. The molecule has 19 heavy (non-hydrogen) atoms. The molecule has 1 unspecified atom stereocenters. The minimum absolute atomic E-state index is 0.0142. The van der Waals surface area contributed by atoms with Crippen molar-refractivity contribution in [2.24, 2.45) is 0 Å². The van der Waals surface area contributed by atoms with Gasteiger partial charge in [-0.2, -0.15) is 0 Å². The molecular formula is C15H12O4. The molecule has 1 aliphatic rings. The third-order valence-electron chi connectivity index (χ3n) is 3.47. The second kappa shape index (κ2) is 4.39. The predicted molar refractivity (Wildman–Crippen MR) is 69.8 cm³/mol. The summed E-state index contributed by atoms with van der Waals surface area (Å²) < 4.78 is 5.76. The molecule has 0 spiro atoms. The first-order chi connectivity index (χ1) is 9.26. The third-order valence-corrected chi connectivity index (χ3v) is 3.47. The Labute approximate surface area is 109 Å². The Hall–Kier alpha value is -2.36. The summed E-state index contributed by atoms with van der Waals surface area (Å²) in [5, 5.41) is 11.5. The zero-order valence-electron chi connectivity index (χ0n) is 10.1. The van der Waals surface area contributed by atoms with Crippen LogP contribution < -0.4 is 4.74 Å². The minimum atomic E-state index is -0.253. The van der Waals surface area contributed by atoms with Gasteiger partial charge < -0.3 is 14.6 Å². The van der Waals surface area contributed by atoms with E-state index in [1.807, 2.05) is 12.1 Å². The van der Waals surface area contributed by atoms with E-state index >= 15 is 0 Å². The van der Waals surface area contributed by atoms with Gasteiger partial charge in [-0.05, 0) is 0 Å². The van der Waals surface area contributed by atoms with E-state index in [0.717, 1.165) is 11.7 Å². The second-order valence-electron chi connectivity index (χ2n) is 4.58. The van der Waals surface area contributed by atoms with Crippen LogP contribution >= 0.6 is 0 Å². The summed E-state index contributed by atoms with van der Waals surface area (Å²) in [5.74, 6) is 0.599. The van der Waals surface area contributed by atoms with Gasteiger partial charge in [0.05, 0.1) is 5.56 Å². The normalized spacial score (nSPS) is 16.9. The van der Waals surface area contributed by atoms with Gasteiger partial charge in [0.1, 0.15) is 23.9 Å². The summed E-state index contributed by atoms with van der Waals surface area (Å²) in [7, 11) is 0. The highest BCUT2D eigenvalue weighted by Gasteiger charge is 2.29. The van der Waals surface area contributed by atoms with Crippen LogP contribution in [-0.2, 0) is 11.2 Å². The van der Waals surface area contributed by atoms with Crippen LogP contribution in [0, 0.1) is 0 Å². The Kier molecular flexibility index (Phi) is 2.71. The van der Waals surface area contributed by atoms with Crippen molar-refractivity contribution < 1.29 is 19.4 Å². The predicted octanol–water partition coefficient (Wildman–Crippen LogP) is 2.25. The average molecular weight is 256 g/mol. The van der Waals surface area contributed by atoms with E-state index in [1.165, 1.54) is 0 Å². The van der Waals surface area contributed by atoms with Gasteiger partial charge >= 0.3 is 0 Å². The summed E-state index contributed by atoms with van der Waals surface area (Å²) in [5.41, 5.74) is 0.958. The summed E-state index contributed by atoms with van der Waals surface area (Å²) in [6, 6.07) is 7.22. The van der Waals surface area contributed by atoms with E-state index in [0.29, 0.717) is 29.4 Å². The van der Waals surface area contributed by atoms with Crippen LogP contribution in [0.25, 0.3) is 10.8 Å². The van der Waals surface area contributed by atoms with Crippen LogP contribution in [-0.4, -0.2) is 23.8 Å². The van der Waals surface area contributed by atoms with Crippen molar-refractivity contribution in [3.63, 3.8) is 0 Å². The van der Waals surface area contributed by atoms with Crippen LogP contribution in [0.4, 0.5) is 0 Å². The topological polar surface area (TPSA) is 63.6 Å². The standard InChI is InChI=1S/C15H12O4/c16-6-5-9-7-12-13(8-17)14(18)10-3-1-2-4-11(10)15(12)19-9/h1-4,6,8-9,18H,5,7H2. The maximum absolute atomic E-state index is 11.2. The van der Waals surface area contributed by atoms with Gasteiger partial charge in [-0.25, -0.2) is 0 Å². The molecule has 0 aromatic heterocycles. The van der Waals surface area contributed by atoms with Gasteiger partial charge in [-0.15, -0.1) is 0 Å². The van der Waals surface area contributed by atoms with Gasteiger partial charge in [0.2, 0.25) is 0 Å². The van der Waals surface area contributed by atoms with Crippen LogP contribution in [0.1, 0.15) is 22.3 Å². The number of carbonyl (C=O) groups excluding carboxylic acids is 2. The molecule has 4 heteroatoms. The van der Waals surface area contributed by atoms with Crippen molar-refractivity contribution >= 4 is 23.3 Å². The molecule has 3 rings (SSSR count). The monoisotopic (exact) mass is 256 g/mol. The van der Waals surface area contributed by atoms with E-state index in [9.17, 15) is 14.7 Å². The SMILES string of the molecule is O=CCC1Cc2c(C=O)c(O)c3ccccc3c2O1. The van der Waals surface area contributed by atoms with Crippen molar-refractivity contribution in [2.75, 3.05) is 0 Å². The van der Waals surface area contributed by atoms with Gasteiger partial charge in [0.15, 0.2) is 6.29 Å². The number of benzene rings is 2. The number of rotatable bonds is 3. The summed E-state index contributed by atoms with van der Waals surface area (Å²) in [6.07, 6.45) is 1.95. The van der Waals surface area contributed by atoms with Crippen LogP contribution in [0.5, 0.6) is 11.5 Å². The molecule has 0 radical (unpaired) electrons. The average Bonchev–Trinajstić information content (AvgIpc) is 2.84. The van der Waals surface area contributed by atoms with Gasteiger partial charge in [-0.3, -0.25) is 4.79 Å². The molecule has 0 aliphatic carbocycles. The third kappa shape index (κ3) is 1.68. The first-order valence-electron chi connectivity index (χ1n) is 6.08. The smallest absolute Gasteiger partial charge is 0.154 e. The molecule has 1 heterocycles. The molecule has 2 aromatic carbocycles. The molecule has 0 fully saturated rings. The van der Waals surface area contributed by atoms with Gasteiger partial charge in [0.25, 0.3) is 0 Å². The second-order valence-corrected chi connectivity index (χ2v) is 4.58. The van der Waals surface area contributed by atoms with Crippen molar-refractivity contribution in [2.45, 2.75) is 18.9 Å². The molecule has 1 aliphatic heterocycles. The Morgan fingerprint density at radius 2 is 2.00 bits per heavy atom. The lowest BCUT2D eigenvalue weighted by Gasteiger charge is -2.10. The number of hydrogen-bond donors (Lipinski definition) is 1. The zero-order valence-corrected chi connectivity index (χ0v) is 10.1. The van der Waals surface area contributed by atoms with Crippen molar-refractivity contribution in [1.29, 1.82) is 0 Å². The highest BCUT2D eigenvalue weighted by Crippen LogP contribution is 2.43. The highest BCUT2D eigenvalue weighted by molar-refractivity contribution is 6.02. The maximum atomic E-state index is 11.2. The molecule has 0 amide bonds. The Bertz CT molecular complexity index is 675. The Balaban J connectivity index is 2.28. The number of fused-ring (bicyclic) bond motifs is 3. The number of phenolic OH excluding ortho intramolecular Hbond substituents is 1. The van der Waals surface area contributed by atoms with Crippen LogP contribution in [0.15, 0.2) is 24.3 Å². The Morgan fingerprint density at radius 3 is 2.68 bits per heavy atom. The minimum Gasteiger partial charge on any atom is -0.507 e. The van der Waals surface area contributed by atoms with E-state index in [4.69, 9.17) is 4.74 Å². The molecule has 0 bridgehead atoms. The summed E-state index contributed by atoms with van der Waals surface area (Å²) in [4.78, 5) is 21.8. The summed E-state index contributed by atoms with van der Waals surface area (Å²) >= 11 is 0. The lowest BCUT2D eigenvalue weighted by Crippen LogP contribution is -2.13. The lowest BCUT2D eigenvalue weighted by atomic mass is 9.96. The van der Waals surface area contributed by atoms with E-state index in [-0.39, 0.29) is 23.8 Å². The van der Waals surface area contributed by atoms with E-state index in [1.54, 1.807) is 12.1 Å². The quantitative estimate of drug-likeness (QED) is 0.855. The highest BCUT2D eigenvalue weighted by atomic mass is 16.5. The fourth-order valence-corrected chi connectivity index (χ4v) is 2.60. The van der Waals surface area contributed by atoms with Crippen LogP contribution in [0.2, 0.25) is 0 Å². The van der Waals surface area contributed by atoms with Crippen LogP contribution in [0.3, 0.4) is 0 Å². The molecule has 0 saturated carbocycles. The molecule has 1 atom stereocenters. The van der Waals surface area contributed by atoms with Gasteiger partial charge in [0, 0.05) is 29.2 Å².